The molecular weight excluding hydrogens is 439 g/mol. The lowest BCUT2D eigenvalue weighted by Crippen LogP contribution is -2.35. The fourth-order valence-corrected chi connectivity index (χ4v) is 3.98. The summed E-state index contributed by atoms with van der Waals surface area (Å²) in [5.41, 5.74) is 0.718. The number of aromatic hydroxyl groups is 1. The lowest BCUT2D eigenvalue weighted by Gasteiger charge is -2.23. The van der Waals surface area contributed by atoms with Crippen LogP contribution in [0.2, 0.25) is 0 Å². The van der Waals surface area contributed by atoms with Gasteiger partial charge in [-0.3, -0.25) is 9.69 Å². The van der Waals surface area contributed by atoms with E-state index in [1.807, 2.05) is 0 Å². The Hall–Kier alpha value is -3.79. The first-order chi connectivity index (χ1) is 16.5. The van der Waals surface area contributed by atoms with Gasteiger partial charge in [-0.05, 0) is 62.3 Å². The first-order valence-electron chi connectivity index (χ1n) is 11.1. The second-order valence-electron chi connectivity index (χ2n) is 7.96. The molecule has 2 heterocycles. The van der Waals surface area contributed by atoms with Crippen molar-refractivity contribution in [1.29, 1.82) is 0 Å². The highest BCUT2D eigenvalue weighted by molar-refractivity contribution is 6.06. The second-order valence-corrected chi connectivity index (χ2v) is 7.96. The summed E-state index contributed by atoms with van der Waals surface area (Å²) in [6.45, 7) is 4.78. The van der Waals surface area contributed by atoms with Gasteiger partial charge < -0.3 is 20.5 Å². The summed E-state index contributed by atoms with van der Waals surface area (Å²) < 4.78 is 19.1. The molecule has 1 saturated heterocycles. The summed E-state index contributed by atoms with van der Waals surface area (Å²) in [4.78, 5) is 28.4. The molecule has 1 aliphatic rings. The molecule has 4 rings (SSSR count). The molecular formula is C24H27FN6O3. The van der Waals surface area contributed by atoms with Crippen LogP contribution < -0.4 is 15.4 Å². The molecule has 0 spiro atoms. The van der Waals surface area contributed by atoms with E-state index in [4.69, 9.17) is 4.74 Å². The van der Waals surface area contributed by atoms with E-state index in [1.165, 1.54) is 43.5 Å². The molecule has 9 nitrogen and oxygen atoms in total. The molecule has 0 amide bonds. The Balaban J connectivity index is 1.61. The number of halogens is 1. The summed E-state index contributed by atoms with van der Waals surface area (Å²) in [6.07, 6.45) is 2.21. The summed E-state index contributed by atoms with van der Waals surface area (Å²) >= 11 is 0. The van der Waals surface area contributed by atoms with Gasteiger partial charge in [0.25, 0.3) is 0 Å². The lowest BCUT2D eigenvalue weighted by atomic mass is 10.1. The number of hydrogen-bond acceptors (Lipinski definition) is 9. The Morgan fingerprint density at radius 1 is 1.18 bits per heavy atom. The van der Waals surface area contributed by atoms with E-state index in [9.17, 15) is 14.3 Å². The van der Waals surface area contributed by atoms with Gasteiger partial charge >= 0.3 is 0 Å². The van der Waals surface area contributed by atoms with E-state index in [0.29, 0.717) is 23.8 Å². The second kappa shape index (κ2) is 10.4. The van der Waals surface area contributed by atoms with Crippen molar-refractivity contribution in [1.82, 2.24) is 19.9 Å². The number of aromatic nitrogens is 3. The molecule has 34 heavy (non-hydrogen) atoms. The number of phenols is 1. The van der Waals surface area contributed by atoms with Gasteiger partial charge in [0.05, 0.1) is 7.11 Å². The fourth-order valence-electron chi connectivity index (χ4n) is 3.98. The van der Waals surface area contributed by atoms with Crippen LogP contribution in [-0.2, 0) is 0 Å². The predicted molar refractivity (Wildman–Crippen MR) is 126 cm³/mol. The smallest absolute Gasteiger partial charge is 0.232 e. The standard InChI is InChI=1S/C24H27FN6O3/c1-3-31-12-4-5-17(31)14-26-23-28-22(21(33)15-6-9-18(32)10-7-15)29-24(30-23)27-16-8-11-20(34-2)19(25)13-16/h6-11,13,17,32H,3-5,12,14H2,1-2H3,(H2,26,27,28,29,30). The minimum absolute atomic E-state index is 0.0514. The molecule has 1 unspecified atom stereocenters. The van der Waals surface area contributed by atoms with Crippen molar-refractivity contribution in [3.8, 4) is 11.5 Å². The first-order valence-corrected chi connectivity index (χ1v) is 11.1. The summed E-state index contributed by atoms with van der Waals surface area (Å²) in [5.74, 6) is -0.524. The average Bonchev–Trinajstić information content (AvgIpc) is 3.30. The number of nitrogens with one attached hydrogen (secondary N) is 2. The van der Waals surface area contributed by atoms with Crippen molar-refractivity contribution in [2.24, 2.45) is 0 Å². The zero-order chi connectivity index (χ0) is 24.1. The monoisotopic (exact) mass is 466 g/mol. The zero-order valence-corrected chi connectivity index (χ0v) is 19.1. The highest BCUT2D eigenvalue weighted by Gasteiger charge is 2.23. The molecule has 10 heteroatoms. The molecule has 1 aromatic heterocycles. The first kappa shape index (κ1) is 23.4. The van der Waals surface area contributed by atoms with Crippen LogP contribution in [0.15, 0.2) is 42.5 Å². The molecule has 1 atom stereocenters. The minimum atomic E-state index is -0.541. The van der Waals surface area contributed by atoms with Gasteiger partial charge in [0.15, 0.2) is 11.6 Å². The topological polar surface area (TPSA) is 112 Å². The van der Waals surface area contributed by atoms with Gasteiger partial charge in [-0.15, -0.1) is 0 Å². The van der Waals surface area contributed by atoms with E-state index in [1.54, 1.807) is 6.07 Å². The molecule has 0 aliphatic carbocycles. The SMILES string of the molecule is CCN1CCCC1CNc1nc(Nc2ccc(OC)c(F)c2)nc(C(=O)c2ccc(O)cc2)n1. The number of anilines is 3. The number of carbonyl (C=O) groups is 1. The van der Waals surface area contributed by atoms with Crippen molar-refractivity contribution in [3.63, 3.8) is 0 Å². The number of nitrogens with zero attached hydrogens (tertiary/aromatic N) is 4. The van der Waals surface area contributed by atoms with E-state index in [-0.39, 0.29) is 29.2 Å². The van der Waals surface area contributed by atoms with Crippen molar-refractivity contribution < 1.29 is 19.0 Å². The summed E-state index contributed by atoms with van der Waals surface area (Å²) in [5, 5.41) is 15.7. The number of methoxy groups -OCH3 is 1. The predicted octanol–water partition coefficient (Wildman–Crippen LogP) is 3.60. The Kier molecular flexibility index (Phi) is 7.17. The van der Waals surface area contributed by atoms with Crippen LogP contribution in [0.1, 0.15) is 35.9 Å². The maximum atomic E-state index is 14.1. The number of rotatable bonds is 9. The highest BCUT2D eigenvalue weighted by atomic mass is 19.1. The molecule has 3 N–H and O–H groups in total. The third-order valence-corrected chi connectivity index (χ3v) is 5.78. The number of benzene rings is 2. The van der Waals surface area contributed by atoms with Crippen LogP contribution in [0.5, 0.6) is 11.5 Å². The third kappa shape index (κ3) is 5.40. The van der Waals surface area contributed by atoms with E-state index < -0.39 is 11.6 Å². The maximum absolute atomic E-state index is 14.1. The molecule has 1 fully saturated rings. The summed E-state index contributed by atoms with van der Waals surface area (Å²) in [7, 11) is 1.39. The molecule has 178 valence electrons. The minimum Gasteiger partial charge on any atom is -0.508 e. The maximum Gasteiger partial charge on any atom is 0.232 e. The van der Waals surface area contributed by atoms with Crippen LogP contribution in [0, 0.1) is 5.82 Å². The quantitative estimate of drug-likeness (QED) is 0.407. The van der Waals surface area contributed by atoms with Gasteiger partial charge in [-0.1, -0.05) is 6.92 Å². The third-order valence-electron chi connectivity index (χ3n) is 5.78. The Bertz CT molecular complexity index is 1160. The molecule has 1 aliphatic heterocycles. The number of ether oxygens (including phenoxy) is 1. The Morgan fingerprint density at radius 2 is 1.94 bits per heavy atom. The van der Waals surface area contributed by atoms with Gasteiger partial charge in [0.2, 0.25) is 23.5 Å². The van der Waals surface area contributed by atoms with Crippen LogP contribution in [-0.4, -0.2) is 63.5 Å². The van der Waals surface area contributed by atoms with Crippen LogP contribution >= 0.6 is 0 Å². The molecule has 0 radical (unpaired) electrons. The fraction of sp³-hybridized carbons (Fsp3) is 0.333. The van der Waals surface area contributed by atoms with E-state index >= 15 is 0 Å². The van der Waals surface area contributed by atoms with Crippen LogP contribution in [0.3, 0.4) is 0 Å². The number of ketones is 1. The normalized spacial score (nSPS) is 15.8. The Labute approximate surface area is 197 Å². The lowest BCUT2D eigenvalue weighted by molar-refractivity contribution is 0.102. The summed E-state index contributed by atoms with van der Waals surface area (Å²) in [6, 6.07) is 10.6. The Morgan fingerprint density at radius 3 is 2.65 bits per heavy atom. The van der Waals surface area contributed by atoms with Gasteiger partial charge in [0, 0.05) is 29.9 Å². The van der Waals surface area contributed by atoms with Crippen molar-refractivity contribution >= 4 is 23.4 Å². The number of likely N-dealkylation sites (N-methyl/N-ethyl adjacent to an activating group) is 1. The molecule has 0 saturated carbocycles. The molecule has 0 bridgehead atoms. The van der Waals surface area contributed by atoms with Crippen LogP contribution in [0.4, 0.5) is 22.0 Å². The average molecular weight is 467 g/mol. The largest absolute Gasteiger partial charge is 0.508 e. The van der Waals surface area contributed by atoms with Gasteiger partial charge in [-0.2, -0.15) is 15.0 Å². The molecule has 2 aromatic carbocycles. The van der Waals surface area contributed by atoms with Gasteiger partial charge in [-0.25, -0.2) is 4.39 Å². The number of carbonyl (C=O) groups excluding carboxylic acids is 1. The van der Waals surface area contributed by atoms with Gasteiger partial charge in [0.1, 0.15) is 5.75 Å². The molecule has 3 aromatic rings. The van der Waals surface area contributed by atoms with Crippen molar-refractivity contribution in [3.05, 3.63) is 59.7 Å². The number of hydrogen-bond donors (Lipinski definition) is 3. The van der Waals surface area contributed by atoms with Crippen molar-refractivity contribution in [2.75, 3.05) is 37.4 Å². The zero-order valence-electron chi connectivity index (χ0n) is 19.1. The number of likely N-dealkylation sites (tertiary alicyclic amines) is 1. The van der Waals surface area contributed by atoms with Crippen molar-refractivity contribution in [2.45, 2.75) is 25.8 Å². The van der Waals surface area contributed by atoms with E-state index in [2.05, 4.69) is 37.4 Å². The van der Waals surface area contributed by atoms with E-state index in [0.717, 1.165) is 25.9 Å². The highest BCUT2D eigenvalue weighted by Crippen LogP contribution is 2.23. The van der Waals surface area contributed by atoms with Crippen LogP contribution in [0.25, 0.3) is 0 Å². The number of phenolic OH excluding ortho intramolecular Hbond substituents is 1.